The summed E-state index contributed by atoms with van der Waals surface area (Å²) in [5, 5.41) is 0. The van der Waals surface area contributed by atoms with Gasteiger partial charge < -0.3 is 5.73 Å². The number of alkyl halides is 3. The highest BCUT2D eigenvalue weighted by Crippen LogP contribution is 2.33. The third-order valence-electron chi connectivity index (χ3n) is 2.16. The van der Waals surface area contributed by atoms with E-state index in [2.05, 4.69) is 12.0 Å². The molecule has 1 unspecified atom stereocenters. The molecule has 88 valence electrons. The number of nitrogens with two attached hydrogens (primary N) is 2. The van der Waals surface area contributed by atoms with Crippen molar-refractivity contribution < 1.29 is 13.2 Å². The zero-order chi connectivity index (χ0) is 12.3. The van der Waals surface area contributed by atoms with Crippen molar-refractivity contribution >= 4 is 5.69 Å². The second-order valence-corrected chi connectivity index (χ2v) is 3.22. The molecular weight excluding hydrogens is 219 g/mol. The van der Waals surface area contributed by atoms with Crippen molar-refractivity contribution in [3.63, 3.8) is 0 Å². The minimum Gasteiger partial charge on any atom is -0.398 e. The highest BCUT2D eigenvalue weighted by Gasteiger charge is 2.31. The first-order valence-electron chi connectivity index (χ1n) is 4.45. The van der Waals surface area contributed by atoms with E-state index >= 15 is 0 Å². The van der Waals surface area contributed by atoms with Crippen LogP contribution in [0.1, 0.15) is 17.2 Å². The quantitative estimate of drug-likeness (QED) is 0.322. The Morgan fingerprint density at radius 1 is 1.38 bits per heavy atom. The van der Waals surface area contributed by atoms with Crippen LogP contribution < -0.4 is 17.0 Å². The first-order chi connectivity index (χ1) is 7.40. The molecule has 0 fully saturated rings. The summed E-state index contributed by atoms with van der Waals surface area (Å²) in [6.07, 6.45) is -3.02. The Bertz CT molecular complexity index is 387. The molecule has 5 N–H and O–H groups in total. The third-order valence-corrected chi connectivity index (χ3v) is 2.16. The summed E-state index contributed by atoms with van der Waals surface area (Å²) in [4.78, 5) is 0. The van der Waals surface area contributed by atoms with Gasteiger partial charge in [0.25, 0.3) is 0 Å². The van der Waals surface area contributed by atoms with Gasteiger partial charge in [0, 0.05) is 5.69 Å². The summed E-state index contributed by atoms with van der Waals surface area (Å²) >= 11 is 0. The lowest BCUT2D eigenvalue weighted by molar-refractivity contribution is -0.137. The van der Waals surface area contributed by atoms with Crippen molar-refractivity contribution in [2.45, 2.75) is 12.2 Å². The average Bonchev–Trinajstić information content (AvgIpc) is 2.20. The topological polar surface area (TPSA) is 64.1 Å². The van der Waals surface area contributed by atoms with Gasteiger partial charge in [-0.05, 0) is 23.8 Å². The number of hydrogen-bond donors (Lipinski definition) is 3. The standard InChI is InChI=1S/C10H12F3N3/c1-2-9(16-15)7-5-6(10(11,12)13)3-4-8(7)14/h2-5,9,16H,1,14-15H2. The molecule has 0 amide bonds. The van der Waals surface area contributed by atoms with E-state index in [4.69, 9.17) is 11.6 Å². The van der Waals surface area contributed by atoms with Crippen LogP contribution >= 0.6 is 0 Å². The number of anilines is 1. The van der Waals surface area contributed by atoms with Crippen LogP contribution in [-0.2, 0) is 6.18 Å². The number of hydrogen-bond acceptors (Lipinski definition) is 3. The molecule has 1 aromatic carbocycles. The molecule has 0 saturated heterocycles. The Morgan fingerprint density at radius 3 is 2.44 bits per heavy atom. The second-order valence-electron chi connectivity index (χ2n) is 3.22. The first-order valence-corrected chi connectivity index (χ1v) is 4.45. The molecule has 0 aliphatic rings. The van der Waals surface area contributed by atoms with Crippen LogP contribution in [0.2, 0.25) is 0 Å². The summed E-state index contributed by atoms with van der Waals surface area (Å²) in [7, 11) is 0. The van der Waals surface area contributed by atoms with E-state index in [9.17, 15) is 13.2 Å². The van der Waals surface area contributed by atoms with Gasteiger partial charge in [-0.1, -0.05) is 6.08 Å². The van der Waals surface area contributed by atoms with Crippen LogP contribution in [0, 0.1) is 0 Å². The van der Waals surface area contributed by atoms with Crippen molar-refractivity contribution in [2.24, 2.45) is 5.84 Å². The Kier molecular flexibility index (Phi) is 3.56. The number of nitrogen functional groups attached to an aromatic ring is 1. The van der Waals surface area contributed by atoms with Crippen LogP contribution in [-0.4, -0.2) is 0 Å². The molecule has 0 bridgehead atoms. The predicted molar refractivity (Wildman–Crippen MR) is 56.1 cm³/mol. The Morgan fingerprint density at radius 2 is 2.00 bits per heavy atom. The van der Waals surface area contributed by atoms with Gasteiger partial charge in [0.1, 0.15) is 0 Å². The molecule has 1 aromatic rings. The zero-order valence-corrected chi connectivity index (χ0v) is 8.38. The summed E-state index contributed by atoms with van der Waals surface area (Å²) < 4.78 is 37.4. The lowest BCUT2D eigenvalue weighted by atomic mass is 10.0. The smallest absolute Gasteiger partial charge is 0.398 e. The van der Waals surface area contributed by atoms with Gasteiger partial charge in [0.05, 0.1) is 11.6 Å². The highest BCUT2D eigenvalue weighted by molar-refractivity contribution is 5.51. The fourth-order valence-electron chi connectivity index (χ4n) is 1.31. The number of nitrogens with one attached hydrogen (secondary N) is 1. The van der Waals surface area contributed by atoms with Crippen LogP contribution in [0.15, 0.2) is 30.9 Å². The molecule has 0 aliphatic heterocycles. The predicted octanol–water partition coefficient (Wildman–Crippen LogP) is 1.98. The Balaban J connectivity index is 3.23. The van der Waals surface area contributed by atoms with Crippen molar-refractivity contribution in [3.8, 4) is 0 Å². The van der Waals surface area contributed by atoms with E-state index in [-0.39, 0.29) is 11.3 Å². The normalized spacial score (nSPS) is 13.5. The van der Waals surface area contributed by atoms with Crippen LogP contribution in [0.25, 0.3) is 0 Å². The maximum Gasteiger partial charge on any atom is 0.416 e. The summed E-state index contributed by atoms with van der Waals surface area (Å²) in [6, 6.07) is 2.48. The van der Waals surface area contributed by atoms with Crippen LogP contribution in [0.4, 0.5) is 18.9 Å². The van der Waals surface area contributed by atoms with E-state index < -0.39 is 17.8 Å². The molecule has 3 nitrogen and oxygen atoms in total. The zero-order valence-electron chi connectivity index (χ0n) is 8.38. The molecule has 1 atom stereocenters. The fourth-order valence-corrected chi connectivity index (χ4v) is 1.31. The van der Waals surface area contributed by atoms with Gasteiger partial charge >= 0.3 is 6.18 Å². The molecule has 16 heavy (non-hydrogen) atoms. The lowest BCUT2D eigenvalue weighted by Gasteiger charge is -2.16. The average molecular weight is 231 g/mol. The minimum atomic E-state index is -4.40. The van der Waals surface area contributed by atoms with Gasteiger partial charge in [-0.25, -0.2) is 5.43 Å². The fraction of sp³-hybridized carbons (Fsp3) is 0.200. The van der Waals surface area contributed by atoms with E-state index in [0.717, 1.165) is 12.1 Å². The molecule has 0 aromatic heterocycles. The largest absolute Gasteiger partial charge is 0.416 e. The maximum absolute atomic E-state index is 12.5. The Hall–Kier alpha value is -1.53. The number of benzene rings is 1. The Labute approximate surface area is 90.9 Å². The molecule has 0 spiro atoms. The van der Waals surface area contributed by atoms with Crippen molar-refractivity contribution in [1.29, 1.82) is 0 Å². The van der Waals surface area contributed by atoms with Gasteiger partial charge in [-0.15, -0.1) is 6.58 Å². The van der Waals surface area contributed by atoms with Crippen molar-refractivity contribution in [3.05, 3.63) is 42.0 Å². The molecular formula is C10H12F3N3. The third kappa shape index (κ3) is 2.53. The number of rotatable bonds is 3. The lowest BCUT2D eigenvalue weighted by Crippen LogP contribution is -2.27. The molecule has 6 heteroatoms. The van der Waals surface area contributed by atoms with E-state index in [1.165, 1.54) is 12.1 Å². The molecule has 0 aliphatic carbocycles. The van der Waals surface area contributed by atoms with Crippen LogP contribution in [0.3, 0.4) is 0 Å². The summed E-state index contributed by atoms with van der Waals surface area (Å²) in [5.74, 6) is 5.19. The van der Waals surface area contributed by atoms with Gasteiger partial charge in [-0.3, -0.25) is 5.84 Å². The molecule has 0 heterocycles. The highest BCUT2D eigenvalue weighted by atomic mass is 19.4. The van der Waals surface area contributed by atoms with Crippen molar-refractivity contribution in [1.82, 2.24) is 5.43 Å². The van der Waals surface area contributed by atoms with Gasteiger partial charge in [-0.2, -0.15) is 13.2 Å². The maximum atomic E-state index is 12.5. The molecule has 0 radical (unpaired) electrons. The SMILES string of the molecule is C=CC(NN)c1cc(C(F)(F)F)ccc1N. The van der Waals surface area contributed by atoms with Gasteiger partial charge in [0.15, 0.2) is 0 Å². The monoisotopic (exact) mass is 231 g/mol. The van der Waals surface area contributed by atoms with Crippen LogP contribution in [0.5, 0.6) is 0 Å². The van der Waals surface area contributed by atoms with E-state index in [1.54, 1.807) is 0 Å². The van der Waals surface area contributed by atoms with E-state index in [1.807, 2.05) is 0 Å². The van der Waals surface area contributed by atoms with Crippen molar-refractivity contribution in [2.75, 3.05) is 5.73 Å². The summed E-state index contributed by atoms with van der Waals surface area (Å²) in [5.41, 5.74) is 7.62. The molecule has 1 rings (SSSR count). The van der Waals surface area contributed by atoms with Gasteiger partial charge in [0.2, 0.25) is 0 Å². The summed E-state index contributed by atoms with van der Waals surface area (Å²) in [6.45, 7) is 3.46. The van der Waals surface area contributed by atoms with E-state index in [0.29, 0.717) is 0 Å². The number of hydrazine groups is 1. The minimum absolute atomic E-state index is 0.232. The second kappa shape index (κ2) is 4.54. The number of halogens is 3. The molecule has 0 saturated carbocycles. The first kappa shape index (κ1) is 12.5.